The number of hydrogen-bond acceptors (Lipinski definition) is 6. The van der Waals surface area contributed by atoms with Crippen molar-refractivity contribution in [1.82, 2.24) is 20.6 Å². The van der Waals surface area contributed by atoms with Crippen LogP contribution >= 0.6 is 24.8 Å². The number of amidine groups is 1. The number of fused-ring (bicyclic) bond motifs is 1. The number of carbonyl (C=O) groups excluding carboxylic acids is 1. The number of carbonyl (C=O) groups is 1. The van der Waals surface area contributed by atoms with Crippen molar-refractivity contribution < 1.29 is 4.79 Å². The second kappa shape index (κ2) is 13.1. The van der Waals surface area contributed by atoms with Gasteiger partial charge in [0.1, 0.15) is 5.82 Å². The first-order chi connectivity index (χ1) is 15.5. The Morgan fingerprint density at radius 3 is 2.50 bits per heavy atom. The van der Waals surface area contributed by atoms with E-state index in [1.54, 1.807) is 0 Å². The molecule has 4 rings (SSSR count). The second-order valence-electron chi connectivity index (χ2n) is 9.36. The highest BCUT2D eigenvalue weighted by atomic mass is 35.5. The lowest BCUT2D eigenvalue weighted by molar-refractivity contribution is 0.0938. The van der Waals surface area contributed by atoms with Crippen molar-refractivity contribution in [3.63, 3.8) is 0 Å². The number of hydrogen-bond donors (Lipinski definition) is 3. The molecule has 2 aliphatic rings. The number of rotatable bonds is 7. The maximum atomic E-state index is 12.8. The van der Waals surface area contributed by atoms with E-state index in [1.807, 2.05) is 12.1 Å². The van der Waals surface area contributed by atoms with Gasteiger partial charge in [0.25, 0.3) is 5.91 Å². The third kappa shape index (κ3) is 6.95. The minimum Gasteiger partial charge on any atom is -0.369 e. The Kier molecular flexibility index (Phi) is 10.8. The molecule has 1 amide bonds. The van der Waals surface area contributed by atoms with Gasteiger partial charge in [-0.05, 0) is 44.2 Å². The maximum absolute atomic E-state index is 12.8. The van der Waals surface area contributed by atoms with Crippen LogP contribution in [-0.2, 0) is 0 Å². The molecule has 34 heavy (non-hydrogen) atoms. The minimum absolute atomic E-state index is 0. The molecule has 3 N–H and O–H groups in total. The lowest BCUT2D eigenvalue weighted by Gasteiger charge is -2.34. The molecule has 7 nitrogen and oxygen atoms in total. The molecule has 2 aromatic rings. The third-order valence-electron chi connectivity index (χ3n) is 6.68. The lowest BCUT2D eigenvalue weighted by Crippen LogP contribution is -2.48. The Morgan fingerprint density at radius 2 is 1.82 bits per heavy atom. The average molecular weight is 510 g/mol. The van der Waals surface area contributed by atoms with Crippen LogP contribution in [0.4, 0.5) is 5.82 Å². The second-order valence-corrected chi connectivity index (χ2v) is 9.36. The zero-order chi connectivity index (χ0) is 22.5. The number of nitrogens with zero attached hydrogens (tertiary/aromatic N) is 3. The van der Waals surface area contributed by atoms with Crippen LogP contribution in [0.1, 0.15) is 75.0 Å². The van der Waals surface area contributed by atoms with Crippen LogP contribution in [0.25, 0.3) is 10.9 Å². The summed E-state index contributed by atoms with van der Waals surface area (Å²) in [5.41, 5.74) is 1.94. The van der Waals surface area contributed by atoms with Gasteiger partial charge >= 0.3 is 0 Å². The number of halogens is 2. The first-order valence-corrected chi connectivity index (χ1v) is 12.2. The molecule has 1 aromatic heterocycles. The molecule has 0 radical (unpaired) electrons. The molecule has 1 aromatic carbocycles. The third-order valence-corrected chi connectivity index (χ3v) is 6.68. The Morgan fingerprint density at radius 1 is 1.09 bits per heavy atom. The fourth-order valence-electron chi connectivity index (χ4n) is 4.47. The Labute approximate surface area is 215 Å². The van der Waals surface area contributed by atoms with Crippen LogP contribution in [-0.4, -0.2) is 46.9 Å². The monoisotopic (exact) mass is 508 g/mol. The summed E-state index contributed by atoms with van der Waals surface area (Å²) in [7, 11) is 0. The van der Waals surface area contributed by atoms with Gasteiger partial charge in [-0.3, -0.25) is 9.79 Å². The van der Waals surface area contributed by atoms with E-state index in [-0.39, 0.29) is 42.6 Å². The lowest BCUT2D eigenvalue weighted by atomic mass is 9.90. The van der Waals surface area contributed by atoms with Gasteiger partial charge in [0.15, 0.2) is 0 Å². The number of nitrogens with one attached hydrogen (secondary N) is 3. The quantitative estimate of drug-likeness (QED) is 0.485. The van der Waals surface area contributed by atoms with Crippen LogP contribution in [0.3, 0.4) is 0 Å². The first-order valence-electron chi connectivity index (χ1n) is 12.2. The van der Waals surface area contributed by atoms with Crippen molar-refractivity contribution in [1.29, 1.82) is 0 Å². The van der Waals surface area contributed by atoms with Gasteiger partial charge in [-0.25, -0.2) is 9.97 Å². The number of benzene rings is 1. The summed E-state index contributed by atoms with van der Waals surface area (Å²) >= 11 is 0. The van der Waals surface area contributed by atoms with Crippen LogP contribution in [0.15, 0.2) is 23.2 Å². The maximum Gasteiger partial charge on any atom is 0.289 e. The van der Waals surface area contributed by atoms with E-state index in [4.69, 9.17) is 4.98 Å². The molecule has 0 saturated heterocycles. The van der Waals surface area contributed by atoms with Crippen molar-refractivity contribution in [2.75, 3.05) is 18.4 Å². The zero-order valence-electron chi connectivity index (χ0n) is 20.4. The first kappa shape index (κ1) is 28.1. The predicted molar refractivity (Wildman–Crippen MR) is 145 cm³/mol. The van der Waals surface area contributed by atoms with E-state index < -0.39 is 0 Å². The Balaban J connectivity index is 0.00000204. The molecule has 1 saturated carbocycles. The van der Waals surface area contributed by atoms with Crippen LogP contribution in [0.2, 0.25) is 0 Å². The van der Waals surface area contributed by atoms with Crippen molar-refractivity contribution in [3.05, 3.63) is 29.6 Å². The summed E-state index contributed by atoms with van der Waals surface area (Å²) in [6.07, 6.45) is 7.78. The smallest absolute Gasteiger partial charge is 0.289 e. The summed E-state index contributed by atoms with van der Waals surface area (Å²) in [6, 6.07) is 6.67. The van der Waals surface area contributed by atoms with Gasteiger partial charge in [-0.2, -0.15) is 0 Å². The van der Waals surface area contributed by atoms with Crippen LogP contribution in [0.5, 0.6) is 0 Å². The summed E-state index contributed by atoms with van der Waals surface area (Å²) in [6.45, 7) is 7.88. The number of anilines is 1. The fraction of sp³-hybridized carbons (Fsp3) is 0.600. The van der Waals surface area contributed by atoms with E-state index in [9.17, 15) is 4.79 Å². The molecule has 1 aliphatic heterocycles. The normalized spacial score (nSPS) is 20.5. The molecule has 2 heterocycles. The predicted octanol–water partition coefficient (Wildman–Crippen LogP) is 5.06. The molecular weight excluding hydrogens is 471 g/mol. The summed E-state index contributed by atoms with van der Waals surface area (Å²) in [5.74, 6) is 2.32. The van der Waals surface area contributed by atoms with Crippen molar-refractivity contribution >= 4 is 53.3 Å². The number of aryl methyl sites for hydroxylation is 1. The summed E-state index contributed by atoms with van der Waals surface area (Å²) in [5, 5.41) is 11.3. The van der Waals surface area contributed by atoms with E-state index in [1.165, 1.54) is 12.8 Å². The van der Waals surface area contributed by atoms with Crippen molar-refractivity contribution in [2.45, 2.75) is 77.8 Å². The highest BCUT2D eigenvalue weighted by molar-refractivity contribution is 5.96. The molecule has 188 valence electrons. The zero-order valence-corrected chi connectivity index (χ0v) is 22.0. The number of amides is 1. The van der Waals surface area contributed by atoms with Crippen molar-refractivity contribution in [2.24, 2.45) is 10.9 Å². The summed E-state index contributed by atoms with van der Waals surface area (Å²) in [4.78, 5) is 26.7. The molecule has 1 fully saturated rings. The molecule has 0 spiro atoms. The van der Waals surface area contributed by atoms with E-state index >= 15 is 0 Å². The molecular formula is C25H38Cl2N6O. The van der Waals surface area contributed by atoms with Gasteiger partial charge in [-0.1, -0.05) is 44.7 Å². The fourth-order valence-corrected chi connectivity index (χ4v) is 4.47. The molecule has 1 aliphatic carbocycles. The average Bonchev–Trinajstić information content (AvgIpc) is 3.31. The highest BCUT2D eigenvalue weighted by Gasteiger charge is 2.28. The van der Waals surface area contributed by atoms with Gasteiger partial charge < -0.3 is 16.0 Å². The van der Waals surface area contributed by atoms with E-state index in [0.717, 1.165) is 66.8 Å². The topological polar surface area (TPSA) is 91.3 Å². The largest absolute Gasteiger partial charge is 0.369 e. The van der Waals surface area contributed by atoms with Crippen LogP contribution in [0, 0.1) is 12.8 Å². The number of aliphatic imine (C=N–C) groups is 1. The standard InChI is InChI=1S/C25H36N6O.2ClH/c1-4-16(2)15-27-25(32)24-29-19-12-11-17(3)14-18(19)23(31-24)30-21-9-6-5-8-20(21)28-22-10-7-13-26-22;;/h11-12,14,16,20-21H,4-10,13,15H2,1-3H3,(H,26,28)(H,27,32)(H,29,30,31);2*1H/t16?,20-,21+;;/m1../s1. The molecule has 3 atom stereocenters. The van der Waals surface area contributed by atoms with Crippen LogP contribution < -0.4 is 16.0 Å². The molecule has 1 unspecified atom stereocenters. The molecule has 9 heteroatoms. The Bertz CT molecular complexity index is 999. The molecule has 0 bridgehead atoms. The van der Waals surface area contributed by atoms with E-state index in [2.05, 4.69) is 52.8 Å². The van der Waals surface area contributed by atoms with Crippen molar-refractivity contribution in [3.8, 4) is 0 Å². The SMILES string of the molecule is CCC(C)CNC(=O)c1nc(N[C@H]2CCCC[C@H]2NC2=NCCC2)c2cc(C)ccc2n1.Cl.Cl. The highest BCUT2D eigenvalue weighted by Crippen LogP contribution is 2.27. The minimum atomic E-state index is -0.213. The van der Waals surface area contributed by atoms with E-state index in [0.29, 0.717) is 18.5 Å². The van der Waals surface area contributed by atoms with Gasteiger partial charge in [0.05, 0.1) is 11.4 Å². The van der Waals surface area contributed by atoms with Gasteiger partial charge in [-0.15, -0.1) is 24.8 Å². The van der Waals surface area contributed by atoms with Gasteiger partial charge in [0, 0.05) is 37.0 Å². The Hall–Kier alpha value is -2.12. The number of aromatic nitrogens is 2. The summed E-state index contributed by atoms with van der Waals surface area (Å²) < 4.78 is 0. The van der Waals surface area contributed by atoms with Gasteiger partial charge in [0.2, 0.25) is 5.82 Å².